The molecule has 2 atom stereocenters. The predicted molar refractivity (Wildman–Crippen MR) is 55.6 cm³/mol. The van der Waals surface area contributed by atoms with Crippen molar-refractivity contribution < 1.29 is 29.2 Å². The monoisotopic (exact) mass is 261 g/mol. The molecule has 0 radical (unpaired) electrons. The van der Waals surface area contributed by atoms with E-state index in [0.717, 1.165) is 0 Å². The van der Waals surface area contributed by atoms with Crippen molar-refractivity contribution in [2.24, 2.45) is 0 Å². The SMILES string of the molecule is O=PC(=O)[C@@H]1CCCN1C(=O)C[C@H](O)C(=O)O. The molecule has 1 heterocycles. The zero-order valence-corrected chi connectivity index (χ0v) is 9.80. The number of aliphatic hydroxyl groups excluding tert-OH is 1. The molecule has 1 aliphatic heterocycles. The minimum Gasteiger partial charge on any atom is -0.479 e. The number of hydrogen-bond donors (Lipinski definition) is 2. The van der Waals surface area contributed by atoms with Crippen LogP contribution in [0.2, 0.25) is 0 Å². The first kappa shape index (κ1) is 13.7. The van der Waals surface area contributed by atoms with Gasteiger partial charge in [0.2, 0.25) is 19.9 Å². The van der Waals surface area contributed by atoms with Crippen LogP contribution < -0.4 is 0 Å². The van der Waals surface area contributed by atoms with Crippen molar-refractivity contribution in [3.8, 4) is 0 Å². The molecule has 0 aromatic rings. The van der Waals surface area contributed by atoms with Crippen LogP contribution in [-0.2, 0) is 18.9 Å². The third-order valence-electron chi connectivity index (χ3n) is 2.60. The van der Waals surface area contributed by atoms with Crippen LogP contribution in [0.25, 0.3) is 0 Å². The summed E-state index contributed by atoms with van der Waals surface area (Å²) in [6.07, 6.45) is -1.33. The lowest BCUT2D eigenvalue weighted by Gasteiger charge is -2.22. The van der Waals surface area contributed by atoms with E-state index in [0.29, 0.717) is 19.4 Å². The van der Waals surface area contributed by atoms with Crippen LogP contribution in [0.1, 0.15) is 19.3 Å². The molecule has 0 aromatic heterocycles. The predicted octanol–water partition coefficient (Wildman–Crippen LogP) is -0.369. The van der Waals surface area contributed by atoms with E-state index in [1.165, 1.54) is 4.90 Å². The average Bonchev–Trinajstić information content (AvgIpc) is 2.76. The number of amides is 1. The van der Waals surface area contributed by atoms with E-state index < -0.39 is 44.4 Å². The van der Waals surface area contributed by atoms with E-state index >= 15 is 0 Å². The van der Waals surface area contributed by atoms with E-state index in [2.05, 4.69) is 0 Å². The molecule has 1 aliphatic rings. The summed E-state index contributed by atoms with van der Waals surface area (Å²) >= 11 is 0. The zero-order valence-electron chi connectivity index (χ0n) is 8.90. The van der Waals surface area contributed by atoms with Gasteiger partial charge in [-0.05, 0) is 12.8 Å². The first-order valence-corrected chi connectivity index (χ1v) is 5.86. The standard InChI is InChI=1S/C9H12NO6P/c11-6(8(13)14)4-7(12)10-3-1-2-5(10)9(15)17-16/h5-6,11H,1-4H2,(H,13,14)/t5-,6-/m0/s1. The number of carbonyl (C=O) groups is 3. The van der Waals surface area contributed by atoms with E-state index in [9.17, 15) is 18.9 Å². The summed E-state index contributed by atoms with van der Waals surface area (Å²) in [4.78, 5) is 34.4. The van der Waals surface area contributed by atoms with Crippen molar-refractivity contribution in [3.05, 3.63) is 0 Å². The van der Waals surface area contributed by atoms with Crippen LogP contribution >= 0.6 is 8.46 Å². The molecule has 1 saturated heterocycles. The Kier molecular flexibility index (Phi) is 4.72. The Balaban J connectivity index is 2.65. The maximum Gasteiger partial charge on any atom is 0.333 e. The van der Waals surface area contributed by atoms with E-state index in [-0.39, 0.29) is 0 Å². The molecule has 0 aromatic carbocycles. The van der Waals surface area contributed by atoms with Gasteiger partial charge in [-0.3, -0.25) is 14.2 Å². The van der Waals surface area contributed by atoms with Gasteiger partial charge < -0.3 is 15.1 Å². The fourth-order valence-electron chi connectivity index (χ4n) is 1.75. The highest BCUT2D eigenvalue weighted by molar-refractivity contribution is 7.46. The highest BCUT2D eigenvalue weighted by Crippen LogP contribution is 2.22. The Bertz CT molecular complexity index is 357. The van der Waals surface area contributed by atoms with Gasteiger partial charge in [-0.25, -0.2) is 4.79 Å². The molecular formula is C9H12NO6P. The van der Waals surface area contributed by atoms with Gasteiger partial charge in [0.1, 0.15) is 6.04 Å². The Hall–Kier alpha value is -1.33. The van der Waals surface area contributed by atoms with Gasteiger partial charge >= 0.3 is 5.97 Å². The Morgan fingerprint density at radius 3 is 2.59 bits per heavy atom. The number of carboxylic acids is 1. The second kappa shape index (κ2) is 5.84. The molecule has 7 nitrogen and oxygen atoms in total. The summed E-state index contributed by atoms with van der Waals surface area (Å²) in [7, 11) is -0.660. The lowest BCUT2D eigenvalue weighted by molar-refractivity contribution is -0.151. The molecule has 1 rings (SSSR count). The number of aliphatic carboxylic acids is 1. The van der Waals surface area contributed by atoms with Crippen LogP contribution in [0.5, 0.6) is 0 Å². The summed E-state index contributed by atoms with van der Waals surface area (Å²) in [6.45, 7) is 0.317. The molecule has 0 spiro atoms. The first-order chi connectivity index (χ1) is 7.97. The van der Waals surface area contributed by atoms with Gasteiger partial charge in [-0.1, -0.05) is 0 Å². The number of carbonyl (C=O) groups excluding carboxylic acids is 2. The maximum atomic E-state index is 11.6. The largest absolute Gasteiger partial charge is 0.479 e. The normalized spacial score (nSPS) is 21.5. The molecular weight excluding hydrogens is 249 g/mol. The molecule has 8 heteroatoms. The Labute approximate surface area is 98.6 Å². The highest BCUT2D eigenvalue weighted by atomic mass is 31.1. The molecule has 0 saturated carbocycles. The Morgan fingerprint density at radius 1 is 1.41 bits per heavy atom. The lowest BCUT2D eigenvalue weighted by atomic mass is 10.2. The summed E-state index contributed by atoms with van der Waals surface area (Å²) < 4.78 is 10.5. The van der Waals surface area contributed by atoms with E-state index in [1.807, 2.05) is 0 Å². The molecule has 94 valence electrons. The van der Waals surface area contributed by atoms with Crippen molar-refractivity contribution >= 4 is 25.9 Å². The number of carboxylic acid groups (broad SMARTS) is 1. The van der Waals surface area contributed by atoms with Gasteiger partial charge in [-0.2, -0.15) is 0 Å². The molecule has 0 aliphatic carbocycles. The first-order valence-electron chi connectivity index (χ1n) is 5.05. The number of aliphatic hydroxyl groups is 1. The maximum absolute atomic E-state index is 11.6. The summed E-state index contributed by atoms with van der Waals surface area (Å²) in [5, 5.41) is 17.5. The van der Waals surface area contributed by atoms with Crippen molar-refractivity contribution in [3.63, 3.8) is 0 Å². The van der Waals surface area contributed by atoms with Crippen molar-refractivity contribution in [2.75, 3.05) is 6.54 Å². The quantitative estimate of drug-likeness (QED) is 0.653. The number of hydrogen-bond acceptors (Lipinski definition) is 5. The third kappa shape index (κ3) is 3.31. The van der Waals surface area contributed by atoms with Gasteiger partial charge in [0.15, 0.2) is 6.10 Å². The van der Waals surface area contributed by atoms with Crippen molar-refractivity contribution in [2.45, 2.75) is 31.4 Å². The Morgan fingerprint density at radius 2 is 2.06 bits per heavy atom. The topological polar surface area (TPSA) is 112 Å². The third-order valence-corrected chi connectivity index (χ3v) is 3.08. The molecule has 17 heavy (non-hydrogen) atoms. The number of likely N-dealkylation sites (tertiary alicyclic amines) is 1. The van der Waals surface area contributed by atoms with E-state index in [1.54, 1.807) is 0 Å². The van der Waals surface area contributed by atoms with Crippen molar-refractivity contribution in [1.82, 2.24) is 4.90 Å². The number of nitrogens with zero attached hydrogens (tertiary/aromatic N) is 1. The van der Waals surface area contributed by atoms with Crippen LogP contribution in [0.15, 0.2) is 0 Å². The van der Waals surface area contributed by atoms with Gasteiger partial charge in [0, 0.05) is 6.54 Å². The summed E-state index contributed by atoms with van der Waals surface area (Å²) in [5.74, 6) is -2.10. The zero-order chi connectivity index (χ0) is 13.0. The van der Waals surface area contributed by atoms with Crippen LogP contribution in [-0.4, -0.2) is 51.2 Å². The molecule has 1 amide bonds. The average molecular weight is 261 g/mol. The second-order valence-corrected chi connectivity index (χ2v) is 4.36. The molecule has 2 N–H and O–H groups in total. The fraction of sp³-hybridized carbons (Fsp3) is 0.667. The van der Waals surface area contributed by atoms with Crippen LogP contribution in [0.3, 0.4) is 0 Å². The molecule has 0 unspecified atom stereocenters. The highest BCUT2D eigenvalue weighted by Gasteiger charge is 2.35. The smallest absolute Gasteiger partial charge is 0.333 e. The summed E-state index contributed by atoms with van der Waals surface area (Å²) in [6, 6.07) is -0.761. The minimum atomic E-state index is -1.77. The minimum absolute atomic E-state index is 0.317. The van der Waals surface area contributed by atoms with E-state index in [4.69, 9.17) is 10.2 Å². The van der Waals surface area contributed by atoms with Gasteiger partial charge in [-0.15, -0.1) is 0 Å². The fourth-order valence-corrected chi connectivity index (χ4v) is 2.14. The lowest BCUT2D eigenvalue weighted by Crippen LogP contribution is -2.41. The van der Waals surface area contributed by atoms with Gasteiger partial charge in [0.25, 0.3) is 0 Å². The summed E-state index contributed by atoms with van der Waals surface area (Å²) in [5.41, 5.74) is -0.597. The number of rotatable bonds is 5. The van der Waals surface area contributed by atoms with Gasteiger partial charge in [0.05, 0.1) is 6.42 Å². The van der Waals surface area contributed by atoms with Crippen LogP contribution in [0, 0.1) is 0 Å². The molecule has 1 fully saturated rings. The van der Waals surface area contributed by atoms with Crippen LogP contribution in [0.4, 0.5) is 0 Å². The molecule has 0 bridgehead atoms. The second-order valence-electron chi connectivity index (χ2n) is 3.73. The van der Waals surface area contributed by atoms with Crippen molar-refractivity contribution in [1.29, 1.82) is 0 Å².